The van der Waals surface area contributed by atoms with Crippen LogP contribution in [0.1, 0.15) is 147 Å². The zero-order valence-electron chi connectivity index (χ0n) is 35.2. The van der Waals surface area contributed by atoms with Gasteiger partial charge in [-0.05, 0) is 125 Å². The molecule has 5 aromatic heterocycles. The van der Waals surface area contributed by atoms with Crippen LogP contribution in [0.25, 0.3) is 21.8 Å². The van der Waals surface area contributed by atoms with Gasteiger partial charge in [-0.1, -0.05) is 110 Å². The molecule has 57 heavy (non-hydrogen) atoms. The van der Waals surface area contributed by atoms with Gasteiger partial charge < -0.3 is 15.7 Å². The van der Waals surface area contributed by atoms with Crippen molar-refractivity contribution in [3.8, 4) is 11.5 Å². The number of halogens is 2. The summed E-state index contributed by atoms with van der Waals surface area (Å²) in [5.74, 6) is 5.75. The predicted molar refractivity (Wildman–Crippen MR) is 268 cm³/mol. The molecule has 8 rings (SSSR count). The number of hydrogen-bond donors (Lipinski definition) is 3. The Morgan fingerprint density at radius 2 is 1.16 bits per heavy atom. The monoisotopic (exact) mass is 1030 g/mol. The minimum atomic E-state index is -1.39. The lowest BCUT2D eigenvalue weighted by molar-refractivity contribution is 0.430. The maximum Gasteiger partial charge on any atom is 0.107 e. The summed E-state index contributed by atoms with van der Waals surface area (Å²) in [6.45, 7) is 9.48. The highest BCUT2D eigenvalue weighted by atomic mass is 127. The number of nitrogens with zero attached hydrogens (tertiary/aromatic N) is 3. The highest BCUT2D eigenvalue weighted by molar-refractivity contribution is 14.1. The molecule has 0 saturated heterocycles. The van der Waals surface area contributed by atoms with E-state index in [1.807, 2.05) is 30.9 Å². The van der Waals surface area contributed by atoms with Gasteiger partial charge in [0.05, 0.1) is 39.0 Å². The first-order valence-corrected chi connectivity index (χ1v) is 28.7. The second-order valence-corrected chi connectivity index (χ2v) is 25.7. The average molecular weight is 1030 g/mol. The fraction of sp³-hybridized carbons (Fsp3) is 0.553. The van der Waals surface area contributed by atoms with Gasteiger partial charge in [-0.2, -0.15) is 0 Å². The molecule has 0 radical (unpaired) electrons. The highest BCUT2D eigenvalue weighted by Crippen LogP contribution is 2.40. The molecule has 4 N–H and O–H groups in total. The molecule has 3 saturated carbocycles. The third-order valence-corrected chi connectivity index (χ3v) is 21.2. The van der Waals surface area contributed by atoms with Gasteiger partial charge in [0.15, 0.2) is 0 Å². The van der Waals surface area contributed by atoms with E-state index >= 15 is 0 Å². The number of H-pyrrole nitrogens is 2. The maximum atomic E-state index is 5.45. The molecule has 0 aromatic carbocycles. The van der Waals surface area contributed by atoms with E-state index in [2.05, 4.69) is 121 Å². The lowest BCUT2D eigenvalue weighted by Gasteiger charge is -2.32. The molecule has 308 valence electrons. The summed E-state index contributed by atoms with van der Waals surface area (Å²) in [6, 6.07) is 11.7. The van der Waals surface area contributed by atoms with E-state index in [0.29, 0.717) is 0 Å². The van der Waals surface area contributed by atoms with E-state index in [-0.39, 0.29) is 9.52 Å². The number of rotatable bonds is 7. The lowest BCUT2D eigenvalue weighted by Crippen LogP contribution is -2.48. The summed E-state index contributed by atoms with van der Waals surface area (Å²) in [5, 5.41) is 4.50. The molecule has 0 amide bonds. The molecule has 0 atom stereocenters. The molecule has 5 aromatic rings. The van der Waals surface area contributed by atoms with Crippen molar-refractivity contribution in [2.75, 3.05) is 5.73 Å². The third kappa shape index (κ3) is 12.6. The maximum absolute atomic E-state index is 5.45. The van der Waals surface area contributed by atoms with Crippen LogP contribution in [0.3, 0.4) is 0 Å². The summed E-state index contributed by atoms with van der Waals surface area (Å²) < 4.78 is 2.37. The van der Waals surface area contributed by atoms with Crippen LogP contribution in [0.15, 0.2) is 55.4 Å². The number of hydrogen-bond acceptors (Lipinski definition) is 4. The van der Waals surface area contributed by atoms with Crippen LogP contribution in [-0.2, 0) is 0 Å². The second kappa shape index (κ2) is 24.1. The fourth-order valence-corrected chi connectivity index (χ4v) is 15.3. The molecular weight excluding hydrogens is 959 g/mol. The van der Waals surface area contributed by atoms with E-state index in [9.17, 15) is 0 Å². The van der Waals surface area contributed by atoms with Gasteiger partial charge in [-0.3, -0.25) is 15.0 Å². The van der Waals surface area contributed by atoms with Crippen LogP contribution < -0.4 is 11.1 Å². The first kappa shape index (κ1) is 45.9. The van der Waals surface area contributed by atoms with Crippen LogP contribution in [0, 0.1) is 24.7 Å². The molecule has 0 spiro atoms. The molecule has 3 fully saturated rings. The van der Waals surface area contributed by atoms with Crippen LogP contribution in [0.2, 0.25) is 24.2 Å². The van der Waals surface area contributed by atoms with Crippen LogP contribution in [0.4, 0.5) is 5.69 Å². The van der Waals surface area contributed by atoms with E-state index in [4.69, 9.17) is 5.73 Å². The largest absolute Gasteiger partial charge is 0.397 e. The number of aromatic amines is 2. The molecular formula is C47H68I2N6Si2. The van der Waals surface area contributed by atoms with Gasteiger partial charge >= 0.3 is 0 Å². The van der Waals surface area contributed by atoms with Gasteiger partial charge in [0.2, 0.25) is 0 Å². The number of nitrogens with two attached hydrogens (primary N) is 1. The van der Waals surface area contributed by atoms with E-state index in [0.717, 1.165) is 27.0 Å². The first-order chi connectivity index (χ1) is 27.9. The Morgan fingerprint density at radius 3 is 1.67 bits per heavy atom. The molecule has 0 unspecified atom stereocenters. The van der Waals surface area contributed by atoms with Gasteiger partial charge in [0, 0.05) is 44.2 Å². The summed E-state index contributed by atoms with van der Waals surface area (Å²) in [4.78, 5) is 19.7. The molecule has 10 heteroatoms. The van der Waals surface area contributed by atoms with Gasteiger partial charge in [0.1, 0.15) is 17.6 Å². The lowest BCUT2D eigenvalue weighted by atomic mass is 9.84. The van der Waals surface area contributed by atoms with Crippen molar-refractivity contribution in [2.24, 2.45) is 5.92 Å². The smallest absolute Gasteiger partial charge is 0.107 e. The Balaban J connectivity index is 0.000000155. The summed E-state index contributed by atoms with van der Waals surface area (Å²) >= 11 is 4.59. The van der Waals surface area contributed by atoms with Crippen molar-refractivity contribution in [2.45, 2.75) is 160 Å². The summed E-state index contributed by atoms with van der Waals surface area (Å²) in [6.07, 6.45) is 32.1. The van der Waals surface area contributed by atoms with Crippen molar-refractivity contribution in [3.05, 3.63) is 73.8 Å². The molecule has 6 nitrogen and oxygen atoms in total. The highest BCUT2D eigenvalue weighted by Gasteiger charge is 2.36. The zero-order valence-corrected chi connectivity index (χ0v) is 42.0. The minimum Gasteiger partial charge on any atom is -0.397 e. The van der Waals surface area contributed by atoms with Crippen molar-refractivity contribution in [1.29, 1.82) is 0 Å². The molecule has 3 aliphatic rings. The fourth-order valence-electron chi connectivity index (χ4n) is 9.38. The van der Waals surface area contributed by atoms with Crippen LogP contribution in [-0.4, -0.2) is 42.5 Å². The molecule has 5 heterocycles. The standard InChI is InChI=1S/C19H30N2Si.C13H15IN2.C10H18Si.C5H5IN2/c1-4-22(5-2,6-3)19-18(15-10-8-7-9-11-15)16-12-13-20-14-17(16)21-19;14-13-12(9-4-2-1-3-5-9)10-6-7-15-8-11(10)16-13;1-2-11-9-8-10-6-4-3-5-7-10;6-4-1-2-8-3-5(4)7/h12-15,21H,4-11H2,1-3H3;6-9,16H,1-5H2;10H,2-7,11H2,1H3;1-3H,7H2. The first-order valence-electron chi connectivity index (χ1n) is 22.3. The van der Waals surface area contributed by atoms with Crippen molar-refractivity contribution < 1.29 is 0 Å². The Kier molecular flexibility index (Phi) is 19.4. The number of aromatic nitrogens is 5. The number of nitrogen functional groups attached to an aromatic ring is 1. The Labute approximate surface area is 374 Å². The Bertz CT molecular complexity index is 1960. The Morgan fingerprint density at radius 1 is 0.667 bits per heavy atom. The molecule has 0 bridgehead atoms. The van der Waals surface area contributed by atoms with Crippen molar-refractivity contribution in [1.82, 2.24) is 24.9 Å². The van der Waals surface area contributed by atoms with Gasteiger partial charge in [-0.15, -0.1) is 11.5 Å². The molecule has 3 aliphatic carbocycles. The number of fused-ring (bicyclic) bond motifs is 2. The minimum absolute atomic E-state index is 0.0156. The van der Waals surface area contributed by atoms with Crippen LogP contribution >= 0.6 is 45.2 Å². The Hall–Kier alpha value is -2.22. The normalized spacial score (nSPS) is 16.9. The van der Waals surface area contributed by atoms with Crippen LogP contribution in [0.5, 0.6) is 0 Å². The quantitative estimate of drug-likeness (QED) is 0.0860. The number of nitrogens with one attached hydrogen (secondary N) is 2. The van der Waals surface area contributed by atoms with Gasteiger partial charge in [0.25, 0.3) is 0 Å². The number of pyridine rings is 3. The topological polar surface area (TPSA) is 96.3 Å². The average Bonchev–Trinajstić information content (AvgIpc) is 3.82. The van der Waals surface area contributed by atoms with Gasteiger partial charge in [-0.25, -0.2) is 0 Å². The van der Waals surface area contributed by atoms with E-state index in [1.165, 1.54) is 152 Å². The van der Waals surface area contributed by atoms with E-state index in [1.54, 1.807) is 23.3 Å². The summed E-state index contributed by atoms with van der Waals surface area (Å²) in [7, 11) is -1.37. The third-order valence-electron chi connectivity index (χ3n) is 12.9. The second-order valence-electron chi connectivity index (χ2n) is 16.4. The van der Waals surface area contributed by atoms with E-state index < -0.39 is 8.07 Å². The zero-order chi connectivity index (χ0) is 40.5. The molecule has 0 aliphatic heterocycles. The van der Waals surface area contributed by atoms with Crippen molar-refractivity contribution in [3.63, 3.8) is 0 Å². The SMILES string of the molecule is CC[SiH2]C#CC1CCCCC1.CC[Si](CC)(CC)c1[nH]c2cnccc2c1C1CCCCC1.Ic1[nH]c2cnccc2c1C1CCCCC1.Nc1cnccc1I. The summed E-state index contributed by atoms with van der Waals surface area (Å²) in [5.41, 5.74) is 15.3. The van der Waals surface area contributed by atoms with Crippen molar-refractivity contribution >= 4 is 95.6 Å². The number of anilines is 1. The predicted octanol–water partition coefficient (Wildman–Crippen LogP) is 12.9.